The van der Waals surface area contributed by atoms with Crippen LogP contribution in [0.2, 0.25) is 0 Å². The first-order chi connectivity index (χ1) is 16.8. The lowest BCUT2D eigenvalue weighted by Crippen LogP contribution is -2.48. The summed E-state index contributed by atoms with van der Waals surface area (Å²) in [5, 5.41) is 9.10. The summed E-state index contributed by atoms with van der Waals surface area (Å²) in [7, 11) is 3.60. The molecule has 0 saturated carbocycles. The van der Waals surface area contributed by atoms with E-state index in [1.807, 2.05) is 63.4 Å². The molecule has 182 valence electrons. The molecular formula is C27H30N4O4. The number of amides is 2. The van der Waals surface area contributed by atoms with Gasteiger partial charge in [-0.05, 0) is 55.8 Å². The summed E-state index contributed by atoms with van der Waals surface area (Å²) in [5.41, 5.74) is 4.23. The second-order valence-electron chi connectivity index (χ2n) is 8.65. The van der Waals surface area contributed by atoms with Crippen molar-refractivity contribution in [3.63, 3.8) is 0 Å². The Labute approximate surface area is 203 Å². The van der Waals surface area contributed by atoms with Crippen molar-refractivity contribution in [2.24, 2.45) is 7.05 Å². The predicted octanol–water partition coefficient (Wildman–Crippen LogP) is 2.42. The number of carbonyl (C=O) groups excluding carboxylic acids is 2. The molecule has 3 heterocycles. The average molecular weight is 475 g/mol. The minimum Gasteiger partial charge on any atom is -0.465 e. The molecule has 0 spiro atoms. The van der Waals surface area contributed by atoms with E-state index in [1.54, 1.807) is 35.2 Å². The van der Waals surface area contributed by atoms with Crippen LogP contribution >= 0.6 is 0 Å². The number of nitrogens with zero attached hydrogens (tertiary/aromatic N) is 3. The number of aryl methyl sites for hydroxylation is 2. The van der Waals surface area contributed by atoms with E-state index >= 15 is 0 Å². The van der Waals surface area contributed by atoms with Crippen LogP contribution in [0.15, 0.2) is 57.8 Å². The zero-order valence-corrected chi connectivity index (χ0v) is 20.4. The Hall–Kier alpha value is -4.07. The number of aromatic nitrogens is 2. The first kappa shape index (κ1) is 24.1. The van der Waals surface area contributed by atoms with E-state index in [0.717, 1.165) is 33.1 Å². The lowest BCUT2D eigenvalue weighted by atomic mass is 10.0. The van der Waals surface area contributed by atoms with Crippen LogP contribution in [0.1, 0.15) is 30.3 Å². The summed E-state index contributed by atoms with van der Waals surface area (Å²) in [6, 6.07) is 10.7. The van der Waals surface area contributed by atoms with Crippen molar-refractivity contribution in [1.82, 2.24) is 20.0 Å². The fraction of sp³-hybridized carbons (Fsp3) is 0.296. The van der Waals surface area contributed by atoms with E-state index in [9.17, 15) is 9.59 Å². The lowest BCUT2D eigenvalue weighted by Gasteiger charge is -2.25. The van der Waals surface area contributed by atoms with Gasteiger partial charge in [0.2, 0.25) is 11.8 Å². The first-order valence-corrected chi connectivity index (χ1v) is 11.5. The fourth-order valence-corrected chi connectivity index (χ4v) is 4.17. The summed E-state index contributed by atoms with van der Waals surface area (Å²) in [6.45, 7) is 4.18. The number of carbonyl (C=O) groups is 2. The van der Waals surface area contributed by atoms with Gasteiger partial charge in [-0.25, -0.2) is 0 Å². The third-order valence-electron chi connectivity index (χ3n) is 5.96. The first-order valence-electron chi connectivity index (χ1n) is 11.5. The molecule has 8 nitrogen and oxygen atoms in total. The van der Waals surface area contributed by atoms with Gasteiger partial charge in [0.1, 0.15) is 17.0 Å². The number of rotatable bonds is 8. The van der Waals surface area contributed by atoms with Gasteiger partial charge in [-0.1, -0.05) is 12.1 Å². The predicted molar refractivity (Wildman–Crippen MR) is 133 cm³/mol. The number of nitrogens with one attached hydrogen (secondary N) is 1. The minimum atomic E-state index is -0.721. The van der Waals surface area contributed by atoms with Crippen molar-refractivity contribution in [1.29, 1.82) is 0 Å². The normalized spacial score (nSPS) is 13.4. The van der Waals surface area contributed by atoms with Gasteiger partial charge in [0.05, 0.1) is 30.5 Å². The zero-order chi connectivity index (χ0) is 24.9. The van der Waals surface area contributed by atoms with Gasteiger partial charge >= 0.3 is 0 Å². The number of furan rings is 2. The van der Waals surface area contributed by atoms with E-state index in [0.29, 0.717) is 18.4 Å². The van der Waals surface area contributed by atoms with Crippen molar-refractivity contribution in [2.45, 2.75) is 39.3 Å². The van der Waals surface area contributed by atoms with Gasteiger partial charge in [0.25, 0.3) is 0 Å². The summed E-state index contributed by atoms with van der Waals surface area (Å²) in [4.78, 5) is 28.0. The third-order valence-corrected chi connectivity index (χ3v) is 5.96. The second-order valence-corrected chi connectivity index (χ2v) is 8.65. The summed E-state index contributed by atoms with van der Waals surface area (Å²) in [5.74, 6) is -0.406. The summed E-state index contributed by atoms with van der Waals surface area (Å²) >= 11 is 0. The van der Waals surface area contributed by atoms with Crippen LogP contribution in [-0.2, 0) is 29.6 Å². The highest BCUT2D eigenvalue weighted by molar-refractivity contribution is 5.89. The number of fused-ring (bicyclic) bond motifs is 1. The Morgan fingerprint density at radius 2 is 1.97 bits per heavy atom. The monoisotopic (exact) mass is 474 g/mol. The van der Waals surface area contributed by atoms with Gasteiger partial charge in [0, 0.05) is 37.5 Å². The Balaban J connectivity index is 1.54. The standard InChI is InChI=1S/C27H30N4O4/c1-5-24-20(10-12-34-24)7-9-26(32)28-23(16-19-6-8-25-21(15-19)11-13-35-25)27(33)30(3)17-22-14-18(2)29-31(22)4/h5-8,10-15,23H,9,16-17H2,1-4H3,(H,28,32)/b20-7-,24-5+/t23-/m1/s1. The molecule has 1 atom stereocenters. The van der Waals surface area contributed by atoms with Crippen LogP contribution in [-0.4, -0.2) is 39.6 Å². The van der Waals surface area contributed by atoms with Crippen LogP contribution in [0.5, 0.6) is 0 Å². The molecule has 4 rings (SSSR count). The summed E-state index contributed by atoms with van der Waals surface area (Å²) < 4.78 is 12.6. The van der Waals surface area contributed by atoms with E-state index in [4.69, 9.17) is 8.83 Å². The van der Waals surface area contributed by atoms with Gasteiger partial charge in [-0.15, -0.1) is 0 Å². The van der Waals surface area contributed by atoms with Crippen molar-refractivity contribution < 1.29 is 18.4 Å². The molecule has 0 radical (unpaired) electrons. The van der Waals surface area contributed by atoms with Crippen LogP contribution in [0.3, 0.4) is 0 Å². The zero-order valence-electron chi connectivity index (χ0n) is 20.4. The van der Waals surface area contributed by atoms with E-state index in [2.05, 4.69) is 10.4 Å². The second kappa shape index (κ2) is 10.5. The molecule has 2 amide bonds. The molecule has 35 heavy (non-hydrogen) atoms. The van der Waals surface area contributed by atoms with E-state index in [-0.39, 0.29) is 18.2 Å². The summed E-state index contributed by atoms with van der Waals surface area (Å²) in [6.07, 6.45) is 7.37. The third kappa shape index (κ3) is 5.71. The van der Waals surface area contributed by atoms with Crippen LogP contribution < -0.4 is 16.0 Å². The van der Waals surface area contributed by atoms with Gasteiger partial charge in [-0.2, -0.15) is 5.10 Å². The Bertz CT molecular complexity index is 1460. The highest BCUT2D eigenvalue weighted by Gasteiger charge is 2.25. The molecule has 0 bridgehead atoms. The number of benzene rings is 1. The molecule has 0 aliphatic rings. The van der Waals surface area contributed by atoms with E-state index < -0.39 is 6.04 Å². The maximum atomic E-state index is 13.5. The van der Waals surface area contributed by atoms with Crippen molar-refractivity contribution >= 4 is 34.9 Å². The maximum Gasteiger partial charge on any atom is 0.245 e. The number of hydrogen-bond donors (Lipinski definition) is 1. The Kier molecular flexibility index (Phi) is 7.19. The quantitative estimate of drug-likeness (QED) is 0.423. The minimum absolute atomic E-state index is 0.134. The molecule has 0 fully saturated rings. The molecule has 1 aromatic carbocycles. The van der Waals surface area contributed by atoms with Gasteiger partial charge in [-0.3, -0.25) is 14.3 Å². The molecule has 0 unspecified atom stereocenters. The molecule has 0 aliphatic carbocycles. The average Bonchev–Trinajstić information content (AvgIpc) is 3.56. The molecule has 4 aromatic rings. The van der Waals surface area contributed by atoms with Gasteiger partial charge in [0.15, 0.2) is 0 Å². The van der Waals surface area contributed by atoms with Crippen molar-refractivity contribution in [3.05, 3.63) is 76.5 Å². The van der Waals surface area contributed by atoms with Gasteiger partial charge < -0.3 is 19.1 Å². The lowest BCUT2D eigenvalue weighted by molar-refractivity contribution is -0.135. The molecule has 3 aromatic heterocycles. The van der Waals surface area contributed by atoms with Crippen LogP contribution in [0.25, 0.3) is 23.1 Å². The number of hydrogen-bond acceptors (Lipinski definition) is 5. The highest BCUT2D eigenvalue weighted by Crippen LogP contribution is 2.18. The molecule has 1 N–H and O–H groups in total. The number of likely N-dealkylation sites (N-methyl/N-ethyl adjacent to an activating group) is 1. The topological polar surface area (TPSA) is 93.5 Å². The fourth-order valence-electron chi connectivity index (χ4n) is 4.17. The maximum absolute atomic E-state index is 13.5. The van der Waals surface area contributed by atoms with Crippen LogP contribution in [0.4, 0.5) is 0 Å². The Morgan fingerprint density at radius 1 is 1.17 bits per heavy atom. The van der Waals surface area contributed by atoms with Crippen LogP contribution in [0, 0.1) is 6.92 Å². The smallest absolute Gasteiger partial charge is 0.245 e. The molecule has 8 heteroatoms. The molecule has 0 aliphatic heterocycles. The van der Waals surface area contributed by atoms with E-state index in [1.165, 1.54) is 0 Å². The van der Waals surface area contributed by atoms with Crippen molar-refractivity contribution in [3.8, 4) is 0 Å². The molecule has 0 saturated heterocycles. The largest absolute Gasteiger partial charge is 0.465 e. The SMILES string of the molecule is C/C=c1/occ/c1=C/CC(=O)N[C@H](Cc1ccc2occc2c1)C(=O)N(C)Cc1cc(C)nn1C. The highest BCUT2D eigenvalue weighted by atomic mass is 16.3. The molecular weight excluding hydrogens is 444 g/mol. The van der Waals surface area contributed by atoms with Crippen molar-refractivity contribution in [2.75, 3.05) is 7.05 Å². The Morgan fingerprint density at radius 3 is 2.71 bits per heavy atom.